The highest BCUT2D eigenvalue weighted by Crippen LogP contribution is 2.29. The number of hydrogen-bond acceptors (Lipinski definition) is 3. The van der Waals surface area contributed by atoms with Gasteiger partial charge in [-0.2, -0.15) is 0 Å². The summed E-state index contributed by atoms with van der Waals surface area (Å²) in [7, 11) is 0. The molecule has 2 N–H and O–H groups in total. The molecular formula is C16H18BrN3OS. The Bertz CT molecular complexity index is 646. The molecular weight excluding hydrogens is 362 g/mol. The minimum Gasteiger partial charge on any atom is -0.307 e. The topological polar surface area (TPSA) is 54.0 Å². The van der Waals surface area contributed by atoms with Crippen LogP contribution in [-0.2, 0) is 12.8 Å². The van der Waals surface area contributed by atoms with E-state index in [1.807, 2.05) is 24.3 Å². The van der Waals surface area contributed by atoms with Crippen LogP contribution < -0.4 is 10.6 Å². The Morgan fingerprint density at radius 2 is 1.86 bits per heavy atom. The number of benzene rings is 1. The van der Waals surface area contributed by atoms with E-state index in [2.05, 4.69) is 31.5 Å². The smallest absolute Gasteiger partial charge is 0.307 e. The first-order valence-electron chi connectivity index (χ1n) is 7.53. The van der Waals surface area contributed by atoms with Gasteiger partial charge in [-0.3, -0.25) is 5.32 Å². The fraction of sp³-hybridized carbons (Fsp3) is 0.375. The highest BCUT2D eigenvalue weighted by Gasteiger charge is 2.15. The fourth-order valence-corrected chi connectivity index (χ4v) is 4.00. The number of halogens is 1. The molecule has 0 saturated carbocycles. The summed E-state index contributed by atoms with van der Waals surface area (Å²) >= 11 is 5.02. The maximum absolute atomic E-state index is 12.1. The maximum Gasteiger partial charge on any atom is 0.325 e. The third kappa shape index (κ3) is 3.87. The van der Waals surface area contributed by atoms with Crippen LogP contribution in [-0.4, -0.2) is 11.0 Å². The van der Waals surface area contributed by atoms with Gasteiger partial charge in [0, 0.05) is 9.35 Å². The van der Waals surface area contributed by atoms with Crippen molar-refractivity contribution in [2.45, 2.75) is 38.5 Å². The summed E-state index contributed by atoms with van der Waals surface area (Å²) in [5.74, 6) is 0. The van der Waals surface area contributed by atoms with E-state index in [9.17, 15) is 4.79 Å². The van der Waals surface area contributed by atoms with Crippen molar-refractivity contribution in [3.05, 3.63) is 39.3 Å². The number of fused-ring (bicyclic) bond motifs is 1. The van der Waals surface area contributed by atoms with E-state index in [1.165, 1.54) is 36.3 Å². The van der Waals surface area contributed by atoms with Crippen LogP contribution in [0.3, 0.4) is 0 Å². The molecule has 1 aromatic heterocycles. The molecule has 3 rings (SSSR count). The predicted octanol–water partition coefficient (Wildman–Crippen LogP) is 5.21. The molecule has 4 nitrogen and oxygen atoms in total. The highest BCUT2D eigenvalue weighted by atomic mass is 79.9. The Labute approximate surface area is 142 Å². The van der Waals surface area contributed by atoms with Crippen LogP contribution >= 0.6 is 27.3 Å². The van der Waals surface area contributed by atoms with Crippen molar-refractivity contribution in [2.24, 2.45) is 0 Å². The standard InChI is InChI=1S/C16H18BrN3OS/c17-11-7-5-6-8-12(11)18-15(21)20-16-19-13-9-3-1-2-4-10-14(13)22-16/h5-8H,1-4,9-10H2,(H2,18,19,20,21). The van der Waals surface area contributed by atoms with E-state index in [1.54, 1.807) is 11.3 Å². The van der Waals surface area contributed by atoms with Crippen molar-refractivity contribution in [1.82, 2.24) is 4.98 Å². The number of aryl methyl sites for hydroxylation is 2. The Kier molecular flexibility index (Phi) is 5.10. The number of urea groups is 1. The molecule has 1 aliphatic carbocycles. The Morgan fingerprint density at radius 3 is 2.68 bits per heavy atom. The van der Waals surface area contributed by atoms with Gasteiger partial charge >= 0.3 is 6.03 Å². The van der Waals surface area contributed by atoms with E-state index in [-0.39, 0.29) is 6.03 Å². The van der Waals surface area contributed by atoms with Crippen LogP contribution in [0, 0.1) is 0 Å². The third-order valence-electron chi connectivity index (χ3n) is 3.69. The average Bonchev–Trinajstić information content (AvgIpc) is 2.82. The number of amides is 2. The van der Waals surface area contributed by atoms with Gasteiger partial charge in [0.25, 0.3) is 0 Å². The normalized spacial score (nSPS) is 14.6. The number of nitrogens with one attached hydrogen (secondary N) is 2. The second-order valence-corrected chi connectivity index (χ2v) is 7.30. The number of nitrogens with zero attached hydrogens (tertiary/aromatic N) is 1. The summed E-state index contributed by atoms with van der Waals surface area (Å²) in [5, 5.41) is 6.38. The van der Waals surface area contributed by atoms with Crippen LogP contribution in [0.25, 0.3) is 0 Å². The minimum absolute atomic E-state index is 0.256. The number of hydrogen-bond donors (Lipinski definition) is 2. The maximum atomic E-state index is 12.1. The quantitative estimate of drug-likeness (QED) is 0.752. The lowest BCUT2D eigenvalue weighted by Crippen LogP contribution is -2.19. The zero-order chi connectivity index (χ0) is 15.4. The summed E-state index contributed by atoms with van der Waals surface area (Å²) in [6.07, 6.45) is 7.10. The molecule has 0 unspecified atom stereocenters. The van der Waals surface area contributed by atoms with Crippen molar-refractivity contribution in [1.29, 1.82) is 0 Å². The first kappa shape index (κ1) is 15.5. The molecule has 22 heavy (non-hydrogen) atoms. The summed E-state index contributed by atoms with van der Waals surface area (Å²) < 4.78 is 0.858. The summed E-state index contributed by atoms with van der Waals surface area (Å²) in [6, 6.07) is 7.28. The summed E-state index contributed by atoms with van der Waals surface area (Å²) in [6.45, 7) is 0. The second kappa shape index (κ2) is 7.24. The molecule has 2 aromatic rings. The number of thiazole rings is 1. The monoisotopic (exact) mass is 379 g/mol. The molecule has 0 fully saturated rings. The number of carbonyl (C=O) groups excluding carboxylic acids is 1. The molecule has 6 heteroatoms. The second-order valence-electron chi connectivity index (χ2n) is 5.36. The van der Waals surface area contributed by atoms with E-state index < -0.39 is 0 Å². The van der Waals surface area contributed by atoms with Crippen LogP contribution in [0.1, 0.15) is 36.3 Å². The van der Waals surface area contributed by atoms with Gasteiger partial charge < -0.3 is 5.32 Å². The van der Waals surface area contributed by atoms with Gasteiger partial charge in [-0.25, -0.2) is 9.78 Å². The summed E-state index contributed by atoms with van der Waals surface area (Å²) in [5.41, 5.74) is 1.91. The molecule has 1 aromatic carbocycles. The Morgan fingerprint density at radius 1 is 1.09 bits per heavy atom. The van der Waals surface area contributed by atoms with Crippen LogP contribution in [0.5, 0.6) is 0 Å². The van der Waals surface area contributed by atoms with Gasteiger partial charge in [0.15, 0.2) is 5.13 Å². The van der Waals surface area contributed by atoms with Gasteiger partial charge in [-0.1, -0.05) is 25.0 Å². The van der Waals surface area contributed by atoms with E-state index in [4.69, 9.17) is 0 Å². The summed E-state index contributed by atoms with van der Waals surface area (Å²) in [4.78, 5) is 18.0. The first-order valence-corrected chi connectivity index (χ1v) is 9.14. The largest absolute Gasteiger partial charge is 0.325 e. The van der Waals surface area contributed by atoms with Crippen molar-refractivity contribution < 1.29 is 4.79 Å². The molecule has 0 spiro atoms. The van der Waals surface area contributed by atoms with Crippen LogP contribution in [0.4, 0.5) is 15.6 Å². The van der Waals surface area contributed by atoms with Gasteiger partial charge in [0.1, 0.15) is 0 Å². The lowest BCUT2D eigenvalue weighted by molar-refractivity contribution is 0.262. The SMILES string of the molecule is O=C(Nc1nc2c(s1)CCCCCC2)Nc1ccccc1Br. The van der Waals surface area contributed by atoms with Crippen molar-refractivity contribution in [3.63, 3.8) is 0 Å². The minimum atomic E-state index is -0.256. The van der Waals surface area contributed by atoms with Crippen molar-refractivity contribution >= 4 is 44.1 Å². The first-order chi connectivity index (χ1) is 10.7. The fourth-order valence-electron chi connectivity index (χ4n) is 2.57. The van der Waals surface area contributed by atoms with Crippen LogP contribution in [0.15, 0.2) is 28.7 Å². The number of rotatable bonds is 2. The Hall–Kier alpha value is -1.40. The van der Waals surface area contributed by atoms with Gasteiger partial charge in [0.05, 0.1) is 11.4 Å². The lowest BCUT2D eigenvalue weighted by atomic mass is 10.0. The van der Waals surface area contributed by atoms with Crippen molar-refractivity contribution in [3.8, 4) is 0 Å². The molecule has 0 atom stereocenters. The molecule has 116 valence electrons. The van der Waals surface area contributed by atoms with Crippen LogP contribution in [0.2, 0.25) is 0 Å². The number of aromatic nitrogens is 1. The molecule has 0 radical (unpaired) electrons. The zero-order valence-corrected chi connectivity index (χ0v) is 14.6. The number of para-hydroxylation sites is 1. The Balaban J connectivity index is 1.66. The zero-order valence-electron chi connectivity index (χ0n) is 12.2. The van der Waals surface area contributed by atoms with Gasteiger partial charge in [-0.15, -0.1) is 11.3 Å². The molecule has 1 aliphatic rings. The molecule has 0 saturated heterocycles. The van der Waals surface area contributed by atoms with Gasteiger partial charge in [0.2, 0.25) is 0 Å². The molecule has 0 aliphatic heterocycles. The van der Waals surface area contributed by atoms with Crippen molar-refractivity contribution in [2.75, 3.05) is 10.6 Å². The highest BCUT2D eigenvalue weighted by molar-refractivity contribution is 9.10. The predicted molar refractivity (Wildman–Crippen MR) is 94.8 cm³/mol. The molecule has 1 heterocycles. The molecule has 0 bridgehead atoms. The average molecular weight is 380 g/mol. The lowest BCUT2D eigenvalue weighted by Gasteiger charge is -2.06. The number of carbonyl (C=O) groups is 1. The van der Waals surface area contributed by atoms with E-state index in [0.717, 1.165) is 23.0 Å². The van der Waals surface area contributed by atoms with Gasteiger partial charge in [-0.05, 0) is 53.7 Å². The van der Waals surface area contributed by atoms with E-state index >= 15 is 0 Å². The molecule has 2 amide bonds. The third-order valence-corrected chi connectivity index (χ3v) is 5.45. The van der Waals surface area contributed by atoms with E-state index in [0.29, 0.717) is 5.13 Å². The number of anilines is 2.